The molecule has 0 aliphatic heterocycles. The normalized spacial score (nSPS) is 12.4. The Morgan fingerprint density at radius 2 is 0.800 bits per heavy atom. The number of nitrogens with two attached hydrogens (primary N) is 1. The Balaban J connectivity index is -0.000000208. The minimum atomic E-state index is 0. The first-order chi connectivity index (χ1) is 5.71. The third-order valence-corrected chi connectivity index (χ3v) is 0.750. The van der Waals surface area contributed by atoms with Gasteiger partial charge >= 0.3 is 0 Å². The summed E-state index contributed by atoms with van der Waals surface area (Å²) in [4.78, 5) is 0. The SMILES string of the molecule is C.CC(C)(C)N.CC(C)(C)NC(C)(C)C. The molecule has 0 unspecified atom stereocenters. The summed E-state index contributed by atoms with van der Waals surface area (Å²) in [5.74, 6) is 0. The van der Waals surface area contributed by atoms with Crippen LogP contribution in [0.4, 0.5) is 0 Å². The van der Waals surface area contributed by atoms with Gasteiger partial charge in [0.1, 0.15) is 0 Å². The van der Waals surface area contributed by atoms with Crippen molar-refractivity contribution in [1.82, 2.24) is 5.32 Å². The summed E-state index contributed by atoms with van der Waals surface area (Å²) in [6.07, 6.45) is 0. The maximum absolute atomic E-state index is 5.35. The number of hydrogen-bond acceptors (Lipinski definition) is 2. The first-order valence-corrected chi connectivity index (χ1v) is 5.29. The summed E-state index contributed by atoms with van der Waals surface area (Å²) in [7, 11) is 0. The lowest BCUT2D eigenvalue weighted by Gasteiger charge is -2.31. The summed E-state index contributed by atoms with van der Waals surface area (Å²) in [5, 5.41) is 3.46. The van der Waals surface area contributed by atoms with Crippen LogP contribution in [-0.2, 0) is 0 Å². The molecule has 0 aromatic carbocycles. The van der Waals surface area contributed by atoms with E-state index in [2.05, 4.69) is 46.9 Å². The monoisotopic (exact) mass is 218 g/mol. The van der Waals surface area contributed by atoms with Crippen molar-refractivity contribution in [2.24, 2.45) is 5.73 Å². The van der Waals surface area contributed by atoms with Crippen LogP contribution in [0, 0.1) is 0 Å². The van der Waals surface area contributed by atoms with Crippen LogP contribution >= 0.6 is 0 Å². The zero-order valence-corrected chi connectivity index (χ0v) is 11.6. The highest BCUT2D eigenvalue weighted by Gasteiger charge is 2.17. The maximum Gasteiger partial charge on any atom is 0.0101 e. The van der Waals surface area contributed by atoms with Gasteiger partial charge in [-0.3, -0.25) is 0 Å². The van der Waals surface area contributed by atoms with E-state index in [1.54, 1.807) is 0 Å². The average molecular weight is 218 g/mol. The second-order valence-electron chi connectivity index (χ2n) is 6.99. The standard InChI is InChI=1S/C8H19N.C4H11N.CH4/c1-7(2,3)9-8(4,5)6;1-4(2,3)5;/h9H,1-6H3;5H2,1-3H3;1H4. The third kappa shape index (κ3) is 56.4. The van der Waals surface area contributed by atoms with Crippen molar-refractivity contribution in [3.05, 3.63) is 0 Å². The molecule has 0 amide bonds. The Labute approximate surface area is 98.0 Å². The summed E-state index contributed by atoms with van der Waals surface area (Å²) in [6.45, 7) is 19.0. The van der Waals surface area contributed by atoms with Crippen LogP contribution in [0.1, 0.15) is 69.7 Å². The van der Waals surface area contributed by atoms with Crippen LogP contribution in [0.15, 0.2) is 0 Å². The average Bonchev–Trinajstić information content (AvgIpc) is 1.42. The second kappa shape index (κ2) is 6.49. The molecule has 15 heavy (non-hydrogen) atoms. The zero-order valence-electron chi connectivity index (χ0n) is 11.6. The molecule has 3 N–H and O–H groups in total. The van der Waals surface area contributed by atoms with Gasteiger partial charge in [0, 0.05) is 16.6 Å². The molecule has 0 aliphatic rings. The van der Waals surface area contributed by atoms with Gasteiger partial charge in [-0.25, -0.2) is 0 Å². The predicted octanol–water partition coefficient (Wildman–Crippen LogP) is 3.55. The van der Waals surface area contributed by atoms with Crippen LogP contribution in [0.3, 0.4) is 0 Å². The smallest absolute Gasteiger partial charge is 0.0101 e. The van der Waals surface area contributed by atoms with E-state index in [1.165, 1.54) is 0 Å². The van der Waals surface area contributed by atoms with E-state index in [9.17, 15) is 0 Å². The van der Waals surface area contributed by atoms with E-state index in [1.807, 2.05) is 20.8 Å². The summed E-state index contributed by atoms with van der Waals surface area (Å²) >= 11 is 0. The van der Waals surface area contributed by atoms with Crippen molar-refractivity contribution < 1.29 is 0 Å². The van der Waals surface area contributed by atoms with Gasteiger partial charge in [0.05, 0.1) is 0 Å². The Morgan fingerprint density at radius 3 is 0.800 bits per heavy atom. The van der Waals surface area contributed by atoms with Gasteiger partial charge in [0.2, 0.25) is 0 Å². The number of hydrogen-bond donors (Lipinski definition) is 2. The highest BCUT2D eigenvalue weighted by molar-refractivity contribution is 4.80. The molecule has 0 fully saturated rings. The molecule has 0 heterocycles. The van der Waals surface area contributed by atoms with E-state index in [0.717, 1.165) is 0 Å². The molecule has 0 aromatic heterocycles. The largest absolute Gasteiger partial charge is 0.326 e. The fourth-order valence-electron chi connectivity index (χ4n) is 1.12. The van der Waals surface area contributed by atoms with Gasteiger partial charge in [0.25, 0.3) is 0 Å². The van der Waals surface area contributed by atoms with Crippen molar-refractivity contribution in [3.63, 3.8) is 0 Å². The molecule has 0 aromatic rings. The van der Waals surface area contributed by atoms with Crippen LogP contribution in [0.5, 0.6) is 0 Å². The van der Waals surface area contributed by atoms with Gasteiger partial charge in [-0.05, 0) is 62.3 Å². The fourth-order valence-corrected chi connectivity index (χ4v) is 1.12. The Bertz CT molecular complexity index is 123. The molecular formula is C13H34N2. The van der Waals surface area contributed by atoms with E-state index in [4.69, 9.17) is 5.73 Å². The Hall–Kier alpha value is -0.0800. The van der Waals surface area contributed by atoms with Gasteiger partial charge in [0.15, 0.2) is 0 Å². The van der Waals surface area contributed by atoms with E-state index >= 15 is 0 Å². The van der Waals surface area contributed by atoms with Gasteiger partial charge in [-0.15, -0.1) is 0 Å². The van der Waals surface area contributed by atoms with Crippen molar-refractivity contribution in [1.29, 1.82) is 0 Å². The fraction of sp³-hybridized carbons (Fsp3) is 1.00. The van der Waals surface area contributed by atoms with Gasteiger partial charge < -0.3 is 11.1 Å². The van der Waals surface area contributed by atoms with Crippen LogP contribution in [-0.4, -0.2) is 16.6 Å². The number of nitrogens with one attached hydrogen (secondary N) is 1. The molecular weight excluding hydrogens is 184 g/mol. The highest BCUT2D eigenvalue weighted by atomic mass is 15.0. The van der Waals surface area contributed by atoms with Gasteiger partial charge in [-0.1, -0.05) is 7.43 Å². The highest BCUT2D eigenvalue weighted by Crippen LogP contribution is 2.08. The topological polar surface area (TPSA) is 38.0 Å². The van der Waals surface area contributed by atoms with E-state index < -0.39 is 0 Å². The minimum Gasteiger partial charge on any atom is -0.326 e. The Morgan fingerprint density at radius 1 is 0.667 bits per heavy atom. The minimum absolute atomic E-state index is 0. The molecule has 0 radical (unpaired) electrons. The molecule has 0 bridgehead atoms. The van der Waals surface area contributed by atoms with E-state index in [0.29, 0.717) is 0 Å². The lowest BCUT2D eigenvalue weighted by atomic mass is 10.0. The zero-order chi connectivity index (χ0) is 12.2. The first-order valence-electron chi connectivity index (χ1n) is 5.29. The van der Waals surface area contributed by atoms with Crippen molar-refractivity contribution in [2.45, 2.75) is 86.4 Å². The molecule has 0 saturated heterocycles. The molecule has 0 spiro atoms. The Kier molecular flexibility index (Phi) is 8.80. The second-order valence-corrected chi connectivity index (χ2v) is 6.99. The molecule has 0 aliphatic carbocycles. The molecule has 96 valence electrons. The summed E-state index contributed by atoms with van der Waals surface area (Å²) in [5.41, 5.74) is 5.82. The molecule has 2 nitrogen and oxygen atoms in total. The third-order valence-electron chi connectivity index (χ3n) is 0.750. The van der Waals surface area contributed by atoms with Crippen LogP contribution < -0.4 is 11.1 Å². The number of rotatable bonds is 0. The molecule has 2 heteroatoms. The van der Waals surface area contributed by atoms with Gasteiger partial charge in [-0.2, -0.15) is 0 Å². The van der Waals surface area contributed by atoms with Crippen LogP contribution in [0.25, 0.3) is 0 Å². The predicted molar refractivity (Wildman–Crippen MR) is 73.3 cm³/mol. The van der Waals surface area contributed by atoms with E-state index in [-0.39, 0.29) is 24.0 Å². The lowest BCUT2D eigenvalue weighted by molar-refractivity contribution is 0.303. The van der Waals surface area contributed by atoms with Crippen molar-refractivity contribution >= 4 is 0 Å². The van der Waals surface area contributed by atoms with Crippen molar-refractivity contribution in [3.8, 4) is 0 Å². The molecule has 0 rings (SSSR count). The lowest BCUT2D eigenvalue weighted by Crippen LogP contribution is -2.48. The quantitative estimate of drug-likeness (QED) is 0.652. The summed E-state index contributed by atoms with van der Waals surface area (Å²) < 4.78 is 0. The summed E-state index contributed by atoms with van der Waals surface area (Å²) in [6, 6.07) is 0. The van der Waals surface area contributed by atoms with Crippen LogP contribution in [0.2, 0.25) is 0 Å². The first kappa shape index (κ1) is 20.3. The maximum atomic E-state index is 5.35. The van der Waals surface area contributed by atoms with Crippen molar-refractivity contribution in [2.75, 3.05) is 0 Å². The molecule has 0 atom stereocenters. The molecule has 0 saturated carbocycles.